The molecule has 0 aliphatic carbocycles. The van der Waals surface area contributed by atoms with Crippen molar-refractivity contribution in [2.75, 3.05) is 5.32 Å². The molecule has 0 saturated heterocycles. The maximum Gasteiger partial charge on any atom is 0.123 e. The molecule has 0 unspecified atom stereocenters. The average molecular weight is 302 g/mol. The van der Waals surface area contributed by atoms with E-state index in [0.717, 1.165) is 22.0 Å². The van der Waals surface area contributed by atoms with E-state index in [4.69, 9.17) is 0 Å². The topological polar surface area (TPSA) is 24.9 Å². The number of aromatic nitrogens is 1. The number of benzene rings is 2. The van der Waals surface area contributed by atoms with Gasteiger partial charge in [0.25, 0.3) is 0 Å². The van der Waals surface area contributed by atoms with Crippen LogP contribution >= 0.6 is 11.3 Å². The molecule has 0 fully saturated rings. The molecular formula is C16H12F2N2S. The van der Waals surface area contributed by atoms with E-state index in [1.807, 2.05) is 5.38 Å². The SMILES string of the molecule is Fc1ccc(NCc2csc(-c3ccc(F)cc3)n2)cc1. The molecule has 3 aromatic rings. The van der Waals surface area contributed by atoms with Gasteiger partial charge in [-0.1, -0.05) is 0 Å². The molecular weight excluding hydrogens is 290 g/mol. The molecule has 2 nitrogen and oxygen atoms in total. The lowest BCUT2D eigenvalue weighted by Crippen LogP contribution is -1.99. The van der Waals surface area contributed by atoms with Crippen LogP contribution in [-0.2, 0) is 6.54 Å². The van der Waals surface area contributed by atoms with E-state index >= 15 is 0 Å². The Morgan fingerprint density at radius 3 is 2.19 bits per heavy atom. The second-order valence-corrected chi connectivity index (χ2v) is 5.37. The number of halogens is 2. The molecule has 1 aromatic heterocycles. The molecule has 1 N–H and O–H groups in total. The van der Waals surface area contributed by atoms with Crippen LogP contribution in [0.5, 0.6) is 0 Å². The summed E-state index contributed by atoms with van der Waals surface area (Å²) >= 11 is 1.51. The minimum atomic E-state index is -0.257. The lowest BCUT2D eigenvalue weighted by atomic mass is 10.2. The maximum absolute atomic E-state index is 12.9. The normalized spacial score (nSPS) is 10.6. The van der Waals surface area contributed by atoms with Crippen LogP contribution in [0.15, 0.2) is 53.9 Å². The van der Waals surface area contributed by atoms with E-state index < -0.39 is 0 Å². The van der Waals surface area contributed by atoms with Crippen LogP contribution in [0, 0.1) is 11.6 Å². The van der Waals surface area contributed by atoms with E-state index in [2.05, 4.69) is 10.3 Å². The largest absolute Gasteiger partial charge is 0.379 e. The second-order valence-electron chi connectivity index (χ2n) is 4.51. The van der Waals surface area contributed by atoms with Gasteiger partial charge in [0.1, 0.15) is 16.6 Å². The highest BCUT2D eigenvalue weighted by Gasteiger charge is 2.05. The zero-order chi connectivity index (χ0) is 14.7. The van der Waals surface area contributed by atoms with Crippen LogP contribution in [0.1, 0.15) is 5.69 Å². The maximum atomic E-state index is 12.9. The molecule has 0 aliphatic rings. The summed E-state index contributed by atoms with van der Waals surface area (Å²) < 4.78 is 25.7. The summed E-state index contributed by atoms with van der Waals surface area (Å²) in [6, 6.07) is 12.5. The third kappa shape index (κ3) is 3.44. The summed E-state index contributed by atoms with van der Waals surface area (Å²) in [7, 11) is 0. The fourth-order valence-electron chi connectivity index (χ4n) is 1.87. The van der Waals surface area contributed by atoms with E-state index in [0.29, 0.717) is 6.54 Å². The number of anilines is 1. The van der Waals surface area contributed by atoms with Gasteiger partial charge < -0.3 is 5.32 Å². The minimum Gasteiger partial charge on any atom is -0.379 e. The molecule has 0 spiro atoms. The van der Waals surface area contributed by atoms with E-state index in [-0.39, 0.29) is 11.6 Å². The zero-order valence-corrected chi connectivity index (χ0v) is 11.8. The molecule has 0 bridgehead atoms. The van der Waals surface area contributed by atoms with Crippen molar-refractivity contribution in [1.29, 1.82) is 0 Å². The third-order valence-electron chi connectivity index (χ3n) is 2.96. The van der Waals surface area contributed by atoms with Gasteiger partial charge in [-0.25, -0.2) is 13.8 Å². The third-order valence-corrected chi connectivity index (χ3v) is 3.90. The molecule has 0 atom stereocenters. The highest BCUT2D eigenvalue weighted by Crippen LogP contribution is 2.24. The van der Waals surface area contributed by atoms with Crippen molar-refractivity contribution in [2.45, 2.75) is 6.54 Å². The van der Waals surface area contributed by atoms with Crippen molar-refractivity contribution >= 4 is 17.0 Å². The summed E-state index contributed by atoms with van der Waals surface area (Å²) in [6.07, 6.45) is 0. The van der Waals surface area contributed by atoms with Crippen LogP contribution in [0.2, 0.25) is 0 Å². The minimum absolute atomic E-state index is 0.256. The molecule has 1 heterocycles. The first-order valence-electron chi connectivity index (χ1n) is 6.40. The van der Waals surface area contributed by atoms with Gasteiger partial charge in [-0.3, -0.25) is 0 Å². The Bertz CT molecular complexity index is 721. The Hall–Kier alpha value is -2.27. The highest BCUT2D eigenvalue weighted by atomic mass is 32.1. The first-order valence-corrected chi connectivity index (χ1v) is 7.28. The quantitative estimate of drug-likeness (QED) is 0.755. The smallest absolute Gasteiger partial charge is 0.123 e. The fraction of sp³-hybridized carbons (Fsp3) is 0.0625. The van der Waals surface area contributed by atoms with E-state index in [1.165, 1.54) is 35.6 Å². The van der Waals surface area contributed by atoms with Gasteiger partial charge in [0.2, 0.25) is 0 Å². The number of rotatable bonds is 4. The Kier molecular flexibility index (Phi) is 3.92. The number of nitrogens with zero attached hydrogens (tertiary/aromatic N) is 1. The zero-order valence-electron chi connectivity index (χ0n) is 11.0. The van der Waals surface area contributed by atoms with Gasteiger partial charge in [-0.2, -0.15) is 0 Å². The van der Waals surface area contributed by atoms with E-state index in [9.17, 15) is 8.78 Å². The fourth-order valence-corrected chi connectivity index (χ4v) is 2.70. The second kappa shape index (κ2) is 6.01. The van der Waals surface area contributed by atoms with Crippen molar-refractivity contribution in [2.24, 2.45) is 0 Å². The van der Waals surface area contributed by atoms with Crippen LogP contribution in [0.3, 0.4) is 0 Å². The summed E-state index contributed by atoms with van der Waals surface area (Å²) in [5.74, 6) is -0.513. The first-order chi connectivity index (χ1) is 10.2. The molecule has 0 saturated carbocycles. The monoisotopic (exact) mass is 302 g/mol. The van der Waals surface area contributed by atoms with Crippen molar-refractivity contribution in [3.05, 3.63) is 71.2 Å². The van der Waals surface area contributed by atoms with Crippen LogP contribution < -0.4 is 5.32 Å². The molecule has 5 heteroatoms. The Morgan fingerprint density at radius 1 is 0.905 bits per heavy atom. The predicted molar refractivity (Wildman–Crippen MR) is 81.2 cm³/mol. The Morgan fingerprint density at radius 2 is 1.52 bits per heavy atom. The van der Waals surface area contributed by atoms with Gasteiger partial charge in [0.15, 0.2) is 0 Å². The van der Waals surface area contributed by atoms with Gasteiger partial charge in [-0.15, -0.1) is 11.3 Å². The summed E-state index contributed by atoms with van der Waals surface area (Å²) in [5.41, 5.74) is 2.63. The van der Waals surface area contributed by atoms with Gasteiger partial charge in [0.05, 0.1) is 12.2 Å². The van der Waals surface area contributed by atoms with E-state index in [1.54, 1.807) is 24.3 Å². The molecule has 0 amide bonds. The van der Waals surface area contributed by atoms with Crippen LogP contribution in [0.4, 0.5) is 14.5 Å². The molecule has 2 aromatic carbocycles. The summed E-state index contributed by atoms with van der Waals surface area (Å²) in [4.78, 5) is 4.50. The first kappa shape index (κ1) is 13.7. The summed E-state index contributed by atoms with van der Waals surface area (Å²) in [6.45, 7) is 0.559. The standard InChI is InChI=1S/C16H12F2N2S/c17-12-3-1-11(2-4-12)16-20-15(10-21-16)9-19-14-7-5-13(18)6-8-14/h1-8,10,19H,9H2. The highest BCUT2D eigenvalue weighted by molar-refractivity contribution is 7.13. The Balaban J connectivity index is 1.67. The lowest BCUT2D eigenvalue weighted by molar-refractivity contribution is 0.627. The van der Waals surface area contributed by atoms with Gasteiger partial charge >= 0.3 is 0 Å². The number of hydrogen-bond donors (Lipinski definition) is 1. The van der Waals surface area contributed by atoms with Crippen molar-refractivity contribution in [1.82, 2.24) is 4.98 Å². The molecule has 0 radical (unpaired) electrons. The number of hydrogen-bond acceptors (Lipinski definition) is 3. The van der Waals surface area contributed by atoms with Crippen LogP contribution in [-0.4, -0.2) is 4.98 Å². The lowest BCUT2D eigenvalue weighted by Gasteiger charge is -2.03. The summed E-state index contributed by atoms with van der Waals surface area (Å²) in [5, 5.41) is 5.99. The molecule has 106 valence electrons. The van der Waals surface area contributed by atoms with Crippen LogP contribution in [0.25, 0.3) is 10.6 Å². The molecule has 3 rings (SSSR count). The predicted octanol–water partition coefficient (Wildman–Crippen LogP) is 4.70. The van der Waals surface area contributed by atoms with Gasteiger partial charge in [-0.05, 0) is 48.5 Å². The molecule has 21 heavy (non-hydrogen) atoms. The van der Waals surface area contributed by atoms with Gasteiger partial charge in [0, 0.05) is 16.6 Å². The molecule has 0 aliphatic heterocycles. The van der Waals surface area contributed by atoms with Crippen molar-refractivity contribution in [3.8, 4) is 10.6 Å². The average Bonchev–Trinajstić information content (AvgIpc) is 2.96. The van der Waals surface area contributed by atoms with Crippen molar-refractivity contribution in [3.63, 3.8) is 0 Å². The Labute approximate surface area is 125 Å². The number of nitrogens with one attached hydrogen (secondary N) is 1. The number of thiazole rings is 1. The van der Waals surface area contributed by atoms with Crippen molar-refractivity contribution < 1.29 is 8.78 Å².